The topological polar surface area (TPSA) is 50.7 Å². The molecule has 4 nitrogen and oxygen atoms in total. The Hall–Kier alpha value is -1.10. The first-order chi connectivity index (χ1) is 6.81. The van der Waals surface area contributed by atoms with Crippen molar-refractivity contribution in [3.05, 3.63) is 29.3 Å². The lowest BCUT2D eigenvalue weighted by atomic mass is 10.1. The Labute approximate surface area is 83.4 Å². The molecule has 0 spiro atoms. The van der Waals surface area contributed by atoms with E-state index >= 15 is 0 Å². The van der Waals surface area contributed by atoms with Crippen LogP contribution < -0.4 is 10.2 Å². The molecule has 0 radical (unpaired) electrons. The summed E-state index contributed by atoms with van der Waals surface area (Å²) >= 11 is 0. The van der Waals surface area contributed by atoms with Gasteiger partial charge in [-0.25, -0.2) is 5.48 Å². The molecule has 0 bridgehead atoms. The molecular formula is C10H15NO3. The lowest BCUT2D eigenvalue weighted by Crippen LogP contribution is -2.06. The average molecular weight is 197 g/mol. The summed E-state index contributed by atoms with van der Waals surface area (Å²) in [4.78, 5) is 0. The van der Waals surface area contributed by atoms with Gasteiger partial charge in [0.2, 0.25) is 0 Å². The molecule has 0 unspecified atom stereocenters. The molecule has 0 aliphatic rings. The van der Waals surface area contributed by atoms with Gasteiger partial charge < -0.3 is 14.7 Å². The van der Waals surface area contributed by atoms with E-state index in [1.54, 1.807) is 14.2 Å². The summed E-state index contributed by atoms with van der Waals surface area (Å²) in [6.45, 7) is 0.920. The van der Waals surface area contributed by atoms with Crippen molar-refractivity contribution in [2.45, 2.75) is 13.2 Å². The number of hydroxylamine groups is 1. The van der Waals surface area contributed by atoms with Crippen LogP contribution in [0.1, 0.15) is 11.1 Å². The smallest absolute Gasteiger partial charge is 0.124 e. The molecule has 0 aromatic heterocycles. The van der Waals surface area contributed by atoms with Crippen molar-refractivity contribution in [1.82, 2.24) is 5.48 Å². The molecule has 0 saturated carbocycles. The van der Waals surface area contributed by atoms with Gasteiger partial charge in [0.05, 0.1) is 13.7 Å². The van der Waals surface area contributed by atoms with Crippen molar-refractivity contribution in [3.63, 3.8) is 0 Å². The van der Waals surface area contributed by atoms with Crippen LogP contribution in [0.4, 0.5) is 0 Å². The van der Waals surface area contributed by atoms with E-state index in [-0.39, 0.29) is 0 Å². The van der Waals surface area contributed by atoms with Crippen LogP contribution >= 0.6 is 0 Å². The SMILES string of the molecule is COCc1cc(CNO)ccc1OC. The van der Waals surface area contributed by atoms with Crippen LogP contribution in [0.3, 0.4) is 0 Å². The van der Waals surface area contributed by atoms with E-state index in [4.69, 9.17) is 14.7 Å². The predicted octanol–water partition coefficient (Wildman–Crippen LogP) is 1.32. The Bertz CT molecular complexity index is 289. The van der Waals surface area contributed by atoms with Gasteiger partial charge in [0.25, 0.3) is 0 Å². The monoisotopic (exact) mass is 197 g/mol. The first kappa shape index (κ1) is 11.0. The minimum absolute atomic E-state index is 0.417. The quantitative estimate of drug-likeness (QED) is 0.699. The fraction of sp³-hybridized carbons (Fsp3) is 0.400. The second-order valence-corrected chi connectivity index (χ2v) is 2.91. The van der Waals surface area contributed by atoms with Gasteiger partial charge in [-0.15, -0.1) is 0 Å². The first-order valence-corrected chi connectivity index (χ1v) is 4.33. The van der Waals surface area contributed by atoms with Crippen molar-refractivity contribution >= 4 is 0 Å². The van der Waals surface area contributed by atoms with E-state index in [9.17, 15) is 0 Å². The van der Waals surface area contributed by atoms with E-state index in [1.165, 1.54) is 0 Å². The Morgan fingerprint density at radius 2 is 2.14 bits per heavy atom. The van der Waals surface area contributed by atoms with E-state index in [0.717, 1.165) is 16.9 Å². The standard InChI is InChI=1S/C10H15NO3/c1-13-7-9-5-8(6-11-12)3-4-10(9)14-2/h3-5,11-12H,6-7H2,1-2H3. The van der Waals surface area contributed by atoms with E-state index in [2.05, 4.69) is 5.48 Å². The number of benzene rings is 1. The summed E-state index contributed by atoms with van der Waals surface area (Å²) in [6, 6.07) is 5.69. The highest BCUT2D eigenvalue weighted by Crippen LogP contribution is 2.20. The van der Waals surface area contributed by atoms with E-state index < -0.39 is 0 Å². The minimum atomic E-state index is 0.417. The van der Waals surface area contributed by atoms with Gasteiger partial charge in [-0.05, 0) is 17.7 Å². The largest absolute Gasteiger partial charge is 0.496 e. The fourth-order valence-electron chi connectivity index (χ4n) is 1.30. The first-order valence-electron chi connectivity index (χ1n) is 4.33. The zero-order chi connectivity index (χ0) is 10.4. The zero-order valence-electron chi connectivity index (χ0n) is 8.41. The van der Waals surface area contributed by atoms with Crippen molar-refractivity contribution in [1.29, 1.82) is 0 Å². The van der Waals surface area contributed by atoms with Crippen LogP contribution in [-0.2, 0) is 17.9 Å². The minimum Gasteiger partial charge on any atom is -0.496 e. The van der Waals surface area contributed by atoms with Gasteiger partial charge >= 0.3 is 0 Å². The number of nitrogens with one attached hydrogen (secondary N) is 1. The second kappa shape index (κ2) is 5.59. The summed E-state index contributed by atoms with van der Waals surface area (Å²) in [5, 5.41) is 8.55. The summed E-state index contributed by atoms with van der Waals surface area (Å²) < 4.78 is 10.2. The summed E-state index contributed by atoms with van der Waals surface area (Å²) in [5.74, 6) is 0.800. The van der Waals surface area contributed by atoms with Gasteiger partial charge in [0, 0.05) is 19.2 Å². The molecular weight excluding hydrogens is 182 g/mol. The molecule has 1 aromatic carbocycles. The van der Waals surface area contributed by atoms with Crippen molar-refractivity contribution in [2.75, 3.05) is 14.2 Å². The molecule has 0 amide bonds. The van der Waals surface area contributed by atoms with Crippen LogP contribution in [0.2, 0.25) is 0 Å². The highest BCUT2D eigenvalue weighted by Gasteiger charge is 2.03. The molecule has 14 heavy (non-hydrogen) atoms. The Morgan fingerprint density at radius 3 is 2.71 bits per heavy atom. The molecule has 0 aliphatic heterocycles. The number of hydrogen-bond acceptors (Lipinski definition) is 4. The summed E-state index contributed by atoms with van der Waals surface area (Å²) in [7, 11) is 3.26. The molecule has 0 fully saturated rings. The highest BCUT2D eigenvalue weighted by atomic mass is 16.5. The predicted molar refractivity (Wildman–Crippen MR) is 52.3 cm³/mol. The van der Waals surface area contributed by atoms with Crippen LogP contribution in [0.25, 0.3) is 0 Å². The van der Waals surface area contributed by atoms with E-state index in [0.29, 0.717) is 13.2 Å². The zero-order valence-corrected chi connectivity index (χ0v) is 8.41. The van der Waals surface area contributed by atoms with Crippen molar-refractivity contribution in [3.8, 4) is 5.75 Å². The van der Waals surface area contributed by atoms with Crippen LogP contribution in [0, 0.1) is 0 Å². The van der Waals surface area contributed by atoms with Crippen molar-refractivity contribution in [2.24, 2.45) is 0 Å². The van der Waals surface area contributed by atoms with E-state index in [1.807, 2.05) is 18.2 Å². The Balaban J connectivity index is 2.88. The molecule has 1 rings (SSSR count). The molecule has 4 heteroatoms. The number of methoxy groups -OCH3 is 2. The van der Waals surface area contributed by atoms with Gasteiger partial charge in [0.1, 0.15) is 5.75 Å². The fourth-order valence-corrected chi connectivity index (χ4v) is 1.30. The van der Waals surface area contributed by atoms with Gasteiger partial charge in [-0.2, -0.15) is 0 Å². The lowest BCUT2D eigenvalue weighted by Gasteiger charge is -2.09. The normalized spacial score (nSPS) is 10.2. The second-order valence-electron chi connectivity index (χ2n) is 2.91. The van der Waals surface area contributed by atoms with Crippen molar-refractivity contribution < 1.29 is 14.7 Å². The van der Waals surface area contributed by atoms with Gasteiger partial charge in [-0.3, -0.25) is 0 Å². The maximum Gasteiger partial charge on any atom is 0.124 e. The number of ether oxygens (including phenoxy) is 2. The average Bonchev–Trinajstić information content (AvgIpc) is 2.19. The maximum absolute atomic E-state index is 8.55. The Morgan fingerprint density at radius 1 is 1.36 bits per heavy atom. The molecule has 2 N–H and O–H groups in total. The molecule has 78 valence electrons. The Kier molecular flexibility index (Phi) is 4.39. The summed E-state index contributed by atoms with van der Waals surface area (Å²) in [5.41, 5.74) is 4.07. The third-order valence-corrected chi connectivity index (χ3v) is 1.93. The van der Waals surface area contributed by atoms with Gasteiger partial charge in [-0.1, -0.05) is 6.07 Å². The third kappa shape index (κ3) is 2.70. The third-order valence-electron chi connectivity index (χ3n) is 1.93. The maximum atomic E-state index is 8.55. The van der Waals surface area contributed by atoms with Gasteiger partial charge in [0.15, 0.2) is 0 Å². The van der Waals surface area contributed by atoms with Crippen LogP contribution in [0.5, 0.6) is 5.75 Å². The summed E-state index contributed by atoms with van der Waals surface area (Å²) in [6.07, 6.45) is 0. The number of rotatable bonds is 5. The van der Waals surface area contributed by atoms with Crippen LogP contribution in [-0.4, -0.2) is 19.4 Å². The number of hydrogen-bond donors (Lipinski definition) is 2. The molecule has 1 aromatic rings. The molecule has 0 saturated heterocycles. The molecule has 0 atom stereocenters. The lowest BCUT2D eigenvalue weighted by molar-refractivity contribution is 0.160. The highest BCUT2D eigenvalue weighted by molar-refractivity contribution is 5.36. The van der Waals surface area contributed by atoms with Crippen LogP contribution in [0.15, 0.2) is 18.2 Å². The molecule has 0 aliphatic carbocycles. The molecule has 0 heterocycles.